The van der Waals surface area contributed by atoms with E-state index < -0.39 is 0 Å². The lowest BCUT2D eigenvalue weighted by Crippen LogP contribution is -2.42. The molecule has 0 radical (unpaired) electrons. The Morgan fingerprint density at radius 2 is 2.18 bits per heavy atom. The van der Waals surface area contributed by atoms with Gasteiger partial charge in [0.2, 0.25) is 5.91 Å². The van der Waals surface area contributed by atoms with Crippen molar-refractivity contribution in [2.24, 2.45) is 0 Å². The van der Waals surface area contributed by atoms with Crippen LogP contribution in [0.4, 0.5) is 0 Å². The Morgan fingerprint density at radius 1 is 1.32 bits per heavy atom. The molecule has 1 amide bonds. The van der Waals surface area contributed by atoms with Crippen LogP contribution in [0.1, 0.15) is 16.5 Å². The maximum Gasteiger partial charge on any atom is 0.228 e. The van der Waals surface area contributed by atoms with Gasteiger partial charge < -0.3 is 9.64 Å². The molecule has 0 aliphatic carbocycles. The summed E-state index contributed by atoms with van der Waals surface area (Å²) in [6.07, 6.45) is 0.293. The summed E-state index contributed by atoms with van der Waals surface area (Å²) in [5.74, 6) is 0.135. The molecule has 1 unspecified atom stereocenters. The molecule has 1 atom stereocenters. The third-order valence-electron chi connectivity index (χ3n) is 3.64. The van der Waals surface area contributed by atoms with Crippen LogP contribution in [0.2, 0.25) is 10.0 Å². The summed E-state index contributed by atoms with van der Waals surface area (Å²) >= 11 is 13.6. The van der Waals surface area contributed by atoms with Crippen LogP contribution in [-0.4, -0.2) is 30.5 Å². The minimum atomic E-state index is -0.157. The Kier molecular flexibility index (Phi) is 5.03. The van der Waals surface area contributed by atoms with Crippen LogP contribution < -0.4 is 0 Å². The fraction of sp³-hybridized carbons (Fsp3) is 0.312. The topological polar surface area (TPSA) is 29.5 Å². The van der Waals surface area contributed by atoms with Gasteiger partial charge >= 0.3 is 0 Å². The fourth-order valence-corrected chi connectivity index (χ4v) is 3.47. The van der Waals surface area contributed by atoms with Crippen LogP contribution in [0, 0.1) is 0 Å². The van der Waals surface area contributed by atoms with Gasteiger partial charge in [0, 0.05) is 11.4 Å². The lowest BCUT2D eigenvalue weighted by molar-refractivity contribution is -0.138. The van der Waals surface area contributed by atoms with Gasteiger partial charge in [-0.2, -0.15) is 0 Å². The van der Waals surface area contributed by atoms with E-state index in [0.717, 1.165) is 10.4 Å². The molecule has 0 N–H and O–H groups in total. The quantitative estimate of drug-likeness (QED) is 0.825. The van der Waals surface area contributed by atoms with Gasteiger partial charge in [0.1, 0.15) is 6.10 Å². The first-order valence-electron chi connectivity index (χ1n) is 7.00. The number of morpholine rings is 1. The molecule has 116 valence electrons. The van der Waals surface area contributed by atoms with Gasteiger partial charge in [-0.1, -0.05) is 35.3 Å². The Morgan fingerprint density at radius 3 is 2.91 bits per heavy atom. The highest BCUT2D eigenvalue weighted by Gasteiger charge is 2.25. The highest BCUT2D eigenvalue weighted by molar-refractivity contribution is 7.10. The number of benzene rings is 1. The summed E-state index contributed by atoms with van der Waals surface area (Å²) in [5.41, 5.74) is 0.947. The van der Waals surface area contributed by atoms with Crippen molar-refractivity contribution in [2.45, 2.75) is 12.5 Å². The van der Waals surface area contributed by atoms with Crippen molar-refractivity contribution in [1.82, 2.24) is 4.90 Å². The molecule has 6 heteroatoms. The minimum Gasteiger partial charge on any atom is -0.370 e. The van der Waals surface area contributed by atoms with Crippen LogP contribution in [0.25, 0.3) is 0 Å². The van der Waals surface area contributed by atoms with Gasteiger partial charge in [-0.3, -0.25) is 4.79 Å². The van der Waals surface area contributed by atoms with Gasteiger partial charge in [0.15, 0.2) is 0 Å². The molecule has 1 aromatic carbocycles. The van der Waals surface area contributed by atoms with E-state index in [4.69, 9.17) is 27.9 Å². The van der Waals surface area contributed by atoms with Gasteiger partial charge in [-0.15, -0.1) is 11.3 Å². The predicted octanol–water partition coefficient (Wildman–Crippen LogP) is 4.20. The number of halogens is 2. The van der Waals surface area contributed by atoms with Gasteiger partial charge in [-0.05, 0) is 29.1 Å². The van der Waals surface area contributed by atoms with E-state index in [1.807, 2.05) is 34.5 Å². The number of carbonyl (C=O) groups is 1. The summed E-state index contributed by atoms with van der Waals surface area (Å²) in [4.78, 5) is 15.3. The molecular weight excluding hydrogens is 341 g/mol. The minimum absolute atomic E-state index is 0.135. The predicted molar refractivity (Wildman–Crippen MR) is 89.8 cm³/mol. The second-order valence-electron chi connectivity index (χ2n) is 5.13. The highest BCUT2D eigenvalue weighted by atomic mass is 35.5. The third kappa shape index (κ3) is 3.63. The number of amides is 1. The van der Waals surface area contributed by atoms with Gasteiger partial charge in [0.05, 0.1) is 29.6 Å². The number of ether oxygens (including phenoxy) is 1. The van der Waals surface area contributed by atoms with Crippen molar-refractivity contribution in [3.63, 3.8) is 0 Å². The first-order valence-corrected chi connectivity index (χ1v) is 8.64. The smallest absolute Gasteiger partial charge is 0.228 e. The largest absolute Gasteiger partial charge is 0.370 e. The maximum atomic E-state index is 12.4. The number of carbonyl (C=O) groups excluding carboxylic acids is 1. The zero-order chi connectivity index (χ0) is 15.5. The van der Waals surface area contributed by atoms with E-state index in [9.17, 15) is 4.79 Å². The molecule has 0 saturated carbocycles. The number of rotatable bonds is 3. The number of hydrogen-bond acceptors (Lipinski definition) is 3. The summed E-state index contributed by atoms with van der Waals surface area (Å²) in [5, 5.41) is 3.01. The number of nitrogens with zero attached hydrogens (tertiary/aromatic N) is 1. The summed E-state index contributed by atoms with van der Waals surface area (Å²) in [6, 6.07) is 9.41. The molecule has 3 rings (SSSR count). The SMILES string of the molecule is O=C(Cc1cccs1)N1CCOC(c2ccc(Cl)c(Cl)c2)C1. The Bertz CT molecular complexity index is 660. The molecule has 1 saturated heterocycles. The first-order chi connectivity index (χ1) is 10.6. The van der Waals surface area contributed by atoms with Crippen LogP contribution in [0.15, 0.2) is 35.7 Å². The molecule has 1 fully saturated rings. The maximum absolute atomic E-state index is 12.4. The molecule has 1 aliphatic heterocycles. The Hall–Kier alpha value is -1.07. The van der Waals surface area contributed by atoms with E-state index in [1.165, 1.54) is 0 Å². The van der Waals surface area contributed by atoms with E-state index in [1.54, 1.807) is 17.4 Å². The monoisotopic (exact) mass is 355 g/mol. The second-order valence-corrected chi connectivity index (χ2v) is 6.98. The van der Waals surface area contributed by atoms with Crippen molar-refractivity contribution in [1.29, 1.82) is 0 Å². The molecule has 1 aromatic heterocycles. The van der Waals surface area contributed by atoms with Gasteiger partial charge in [0.25, 0.3) is 0 Å². The van der Waals surface area contributed by atoms with E-state index in [2.05, 4.69) is 0 Å². The third-order valence-corrected chi connectivity index (χ3v) is 5.26. The second kappa shape index (κ2) is 7.01. The van der Waals surface area contributed by atoms with Crippen LogP contribution >= 0.6 is 34.5 Å². The van der Waals surface area contributed by atoms with Crippen LogP contribution in [0.5, 0.6) is 0 Å². The number of thiophene rings is 1. The highest BCUT2D eigenvalue weighted by Crippen LogP contribution is 2.29. The molecule has 1 aliphatic rings. The van der Waals surface area contributed by atoms with E-state index in [0.29, 0.717) is 36.2 Å². The molecule has 0 bridgehead atoms. The Balaban J connectivity index is 1.68. The molecular formula is C16H15Cl2NO2S. The summed E-state index contributed by atoms with van der Waals surface area (Å²) in [7, 11) is 0. The zero-order valence-corrected chi connectivity index (χ0v) is 14.1. The van der Waals surface area contributed by atoms with Crippen molar-refractivity contribution in [3.8, 4) is 0 Å². The zero-order valence-electron chi connectivity index (χ0n) is 11.8. The number of hydrogen-bond donors (Lipinski definition) is 0. The van der Waals surface area contributed by atoms with Crippen molar-refractivity contribution in [2.75, 3.05) is 19.7 Å². The molecule has 22 heavy (non-hydrogen) atoms. The standard InChI is InChI=1S/C16H15Cl2NO2S/c17-13-4-3-11(8-14(13)18)15-10-19(5-6-21-15)16(20)9-12-2-1-7-22-12/h1-4,7-8,15H,5-6,9-10H2. The molecule has 3 nitrogen and oxygen atoms in total. The Labute approximate surface area is 143 Å². The molecule has 0 spiro atoms. The van der Waals surface area contributed by atoms with Crippen LogP contribution in [0.3, 0.4) is 0 Å². The van der Waals surface area contributed by atoms with Gasteiger partial charge in [-0.25, -0.2) is 0 Å². The van der Waals surface area contributed by atoms with E-state index >= 15 is 0 Å². The summed E-state index contributed by atoms with van der Waals surface area (Å²) < 4.78 is 5.78. The average Bonchev–Trinajstić information content (AvgIpc) is 3.03. The van der Waals surface area contributed by atoms with Crippen molar-refractivity contribution >= 4 is 40.4 Å². The fourth-order valence-electron chi connectivity index (χ4n) is 2.46. The molecule has 2 aromatic rings. The summed E-state index contributed by atoms with van der Waals surface area (Å²) in [6.45, 7) is 1.70. The van der Waals surface area contributed by atoms with Crippen molar-refractivity contribution < 1.29 is 9.53 Å². The lowest BCUT2D eigenvalue weighted by Gasteiger charge is -2.33. The van der Waals surface area contributed by atoms with Crippen molar-refractivity contribution in [3.05, 3.63) is 56.2 Å². The first kappa shape index (κ1) is 15.8. The average molecular weight is 356 g/mol. The molecule has 2 heterocycles. The lowest BCUT2D eigenvalue weighted by atomic mass is 10.1. The van der Waals surface area contributed by atoms with E-state index in [-0.39, 0.29) is 12.0 Å². The van der Waals surface area contributed by atoms with Crippen LogP contribution in [-0.2, 0) is 16.0 Å². The normalized spacial score (nSPS) is 18.5.